The second-order valence-electron chi connectivity index (χ2n) is 7.41. The Hall–Kier alpha value is -4.44. The standard InChI is InChI=1S/C24H17N5O4S/c30-20(25-15-10-12-17(13-11-15)29(32)33)14-34-24-27-21-18-8-4-5-9-19(18)26-22(21)23(31)28(24)16-6-2-1-3-7-16/h1-13,26H,14H2,(H,25,30). The van der Waals surface area contributed by atoms with Crippen LogP contribution in [0, 0.1) is 10.1 Å². The van der Waals surface area contributed by atoms with E-state index in [0.29, 0.717) is 27.6 Å². The number of benzene rings is 3. The molecule has 10 heteroatoms. The number of non-ortho nitro benzene ring substituents is 1. The lowest BCUT2D eigenvalue weighted by molar-refractivity contribution is -0.384. The maximum atomic E-state index is 13.5. The van der Waals surface area contributed by atoms with Crippen molar-refractivity contribution in [2.75, 3.05) is 11.1 Å². The molecule has 168 valence electrons. The Balaban J connectivity index is 1.49. The number of nitrogens with one attached hydrogen (secondary N) is 2. The van der Waals surface area contributed by atoms with Crippen LogP contribution in [0.3, 0.4) is 0 Å². The zero-order valence-electron chi connectivity index (χ0n) is 17.6. The lowest BCUT2D eigenvalue weighted by Crippen LogP contribution is -2.23. The number of fused-ring (bicyclic) bond motifs is 3. The molecule has 0 atom stereocenters. The molecule has 5 aromatic rings. The van der Waals surface area contributed by atoms with E-state index in [1.807, 2.05) is 42.5 Å². The van der Waals surface area contributed by atoms with E-state index >= 15 is 0 Å². The van der Waals surface area contributed by atoms with Gasteiger partial charge in [-0.25, -0.2) is 4.98 Å². The molecule has 9 nitrogen and oxygen atoms in total. The first-order chi connectivity index (χ1) is 16.5. The number of thioether (sulfide) groups is 1. The van der Waals surface area contributed by atoms with Gasteiger partial charge < -0.3 is 10.3 Å². The number of nitrogens with zero attached hydrogens (tertiary/aromatic N) is 3. The minimum atomic E-state index is -0.503. The SMILES string of the molecule is O=C(CSc1nc2c([nH]c3ccccc32)c(=O)n1-c1ccccc1)Nc1ccc([N+](=O)[O-])cc1. The number of nitro benzene ring substituents is 1. The summed E-state index contributed by atoms with van der Waals surface area (Å²) in [6.07, 6.45) is 0. The van der Waals surface area contributed by atoms with Crippen molar-refractivity contribution < 1.29 is 9.72 Å². The molecule has 0 saturated heterocycles. The number of hydrogen-bond donors (Lipinski definition) is 2. The van der Waals surface area contributed by atoms with Crippen molar-refractivity contribution in [1.82, 2.24) is 14.5 Å². The average molecular weight is 471 g/mol. The van der Waals surface area contributed by atoms with Crippen molar-refractivity contribution in [2.45, 2.75) is 5.16 Å². The molecule has 0 aliphatic rings. The summed E-state index contributed by atoms with van der Waals surface area (Å²) in [5.74, 6) is -0.337. The van der Waals surface area contributed by atoms with Crippen molar-refractivity contribution >= 4 is 51.0 Å². The predicted octanol–water partition coefficient (Wildman–Crippen LogP) is 4.51. The lowest BCUT2D eigenvalue weighted by atomic mass is 10.2. The van der Waals surface area contributed by atoms with Gasteiger partial charge >= 0.3 is 0 Å². The number of hydrogen-bond acceptors (Lipinski definition) is 6. The third kappa shape index (κ3) is 4.02. The molecule has 2 aromatic heterocycles. The van der Waals surface area contributed by atoms with Crippen LogP contribution < -0.4 is 10.9 Å². The highest BCUT2D eigenvalue weighted by atomic mass is 32.2. The summed E-state index contributed by atoms with van der Waals surface area (Å²) in [4.78, 5) is 44.3. The molecule has 2 heterocycles. The van der Waals surface area contributed by atoms with E-state index in [4.69, 9.17) is 4.98 Å². The van der Waals surface area contributed by atoms with E-state index in [1.54, 1.807) is 12.1 Å². The van der Waals surface area contributed by atoms with Crippen LogP contribution in [0.4, 0.5) is 11.4 Å². The van der Waals surface area contributed by atoms with E-state index in [1.165, 1.54) is 28.8 Å². The highest BCUT2D eigenvalue weighted by Crippen LogP contribution is 2.26. The van der Waals surface area contributed by atoms with Gasteiger partial charge in [-0.2, -0.15) is 0 Å². The summed E-state index contributed by atoms with van der Waals surface area (Å²) < 4.78 is 1.49. The fourth-order valence-electron chi connectivity index (χ4n) is 3.64. The van der Waals surface area contributed by atoms with E-state index < -0.39 is 4.92 Å². The van der Waals surface area contributed by atoms with Crippen molar-refractivity contribution in [3.8, 4) is 5.69 Å². The molecule has 0 radical (unpaired) electrons. The summed E-state index contributed by atoms with van der Waals surface area (Å²) in [7, 11) is 0. The van der Waals surface area contributed by atoms with Gasteiger partial charge in [0.05, 0.1) is 16.4 Å². The number of amides is 1. The topological polar surface area (TPSA) is 123 Å². The van der Waals surface area contributed by atoms with E-state index in [-0.39, 0.29) is 22.9 Å². The Morgan fingerprint density at radius 3 is 2.47 bits per heavy atom. The summed E-state index contributed by atoms with van der Waals surface area (Å²) in [6.45, 7) is 0. The van der Waals surface area contributed by atoms with Crippen LogP contribution in [0.25, 0.3) is 27.6 Å². The third-order valence-corrected chi connectivity index (χ3v) is 6.14. The lowest BCUT2D eigenvalue weighted by Gasteiger charge is -2.12. The molecular weight excluding hydrogens is 454 g/mol. The number of nitro groups is 1. The maximum absolute atomic E-state index is 13.5. The quantitative estimate of drug-likeness (QED) is 0.163. The van der Waals surface area contributed by atoms with Crippen LogP contribution in [0.2, 0.25) is 0 Å². The number of anilines is 1. The molecule has 0 spiro atoms. The van der Waals surface area contributed by atoms with Crippen LogP contribution in [0.1, 0.15) is 0 Å². The summed E-state index contributed by atoms with van der Waals surface area (Å²) in [5.41, 5.74) is 2.51. The minimum Gasteiger partial charge on any atom is -0.349 e. The van der Waals surface area contributed by atoms with Gasteiger partial charge in [0.2, 0.25) is 5.91 Å². The predicted molar refractivity (Wildman–Crippen MR) is 132 cm³/mol. The number of para-hydroxylation sites is 2. The first kappa shape index (κ1) is 21.4. The minimum absolute atomic E-state index is 0.00980. The Morgan fingerprint density at radius 2 is 1.74 bits per heavy atom. The smallest absolute Gasteiger partial charge is 0.283 e. The molecule has 5 rings (SSSR count). The van der Waals surface area contributed by atoms with E-state index in [0.717, 1.165) is 22.7 Å². The van der Waals surface area contributed by atoms with Crippen molar-refractivity contribution in [3.63, 3.8) is 0 Å². The first-order valence-corrected chi connectivity index (χ1v) is 11.3. The number of aromatic amines is 1. The van der Waals surface area contributed by atoms with E-state index in [2.05, 4.69) is 10.3 Å². The highest BCUT2D eigenvalue weighted by molar-refractivity contribution is 7.99. The zero-order chi connectivity index (χ0) is 23.7. The van der Waals surface area contributed by atoms with Crippen LogP contribution >= 0.6 is 11.8 Å². The molecular formula is C24H17N5O4S. The second-order valence-corrected chi connectivity index (χ2v) is 8.35. The molecule has 3 aromatic carbocycles. The fourth-order valence-corrected chi connectivity index (χ4v) is 4.44. The molecule has 0 fully saturated rings. The average Bonchev–Trinajstić information content (AvgIpc) is 3.23. The Bertz CT molecular complexity index is 1590. The van der Waals surface area contributed by atoms with Crippen molar-refractivity contribution in [3.05, 3.63) is 99.3 Å². The van der Waals surface area contributed by atoms with Crippen LogP contribution in [0.5, 0.6) is 0 Å². The van der Waals surface area contributed by atoms with Gasteiger partial charge in [0.25, 0.3) is 11.2 Å². The van der Waals surface area contributed by atoms with Gasteiger partial charge in [0.1, 0.15) is 11.0 Å². The number of rotatable bonds is 6. The molecule has 0 bridgehead atoms. The molecule has 2 N–H and O–H groups in total. The zero-order valence-corrected chi connectivity index (χ0v) is 18.4. The fraction of sp³-hybridized carbons (Fsp3) is 0.0417. The number of carbonyl (C=O) groups is 1. The largest absolute Gasteiger partial charge is 0.349 e. The number of H-pyrrole nitrogens is 1. The highest BCUT2D eigenvalue weighted by Gasteiger charge is 2.18. The first-order valence-electron chi connectivity index (χ1n) is 10.3. The number of aromatic nitrogens is 3. The third-order valence-electron chi connectivity index (χ3n) is 5.20. The summed E-state index contributed by atoms with van der Waals surface area (Å²) in [6, 6.07) is 22.2. The summed E-state index contributed by atoms with van der Waals surface area (Å²) >= 11 is 1.14. The Kier molecular flexibility index (Phi) is 5.56. The van der Waals surface area contributed by atoms with Crippen molar-refractivity contribution in [1.29, 1.82) is 0 Å². The van der Waals surface area contributed by atoms with Gasteiger partial charge in [0.15, 0.2) is 5.16 Å². The number of carbonyl (C=O) groups excluding carboxylic acids is 1. The molecule has 0 saturated carbocycles. The second kappa shape index (κ2) is 8.83. The summed E-state index contributed by atoms with van der Waals surface area (Å²) in [5, 5.41) is 14.7. The van der Waals surface area contributed by atoms with Gasteiger partial charge in [-0.15, -0.1) is 0 Å². The van der Waals surface area contributed by atoms with Crippen LogP contribution in [-0.2, 0) is 4.79 Å². The monoisotopic (exact) mass is 471 g/mol. The van der Waals surface area contributed by atoms with Gasteiger partial charge in [0, 0.05) is 28.7 Å². The Morgan fingerprint density at radius 1 is 1.03 bits per heavy atom. The molecule has 0 aliphatic heterocycles. The van der Waals surface area contributed by atoms with Crippen molar-refractivity contribution in [2.24, 2.45) is 0 Å². The van der Waals surface area contributed by atoms with Gasteiger partial charge in [-0.1, -0.05) is 48.2 Å². The van der Waals surface area contributed by atoms with E-state index in [9.17, 15) is 19.7 Å². The van der Waals surface area contributed by atoms with Crippen LogP contribution in [-0.4, -0.2) is 31.1 Å². The molecule has 34 heavy (non-hydrogen) atoms. The molecule has 0 unspecified atom stereocenters. The van der Waals surface area contributed by atoms with Gasteiger partial charge in [-0.05, 0) is 30.3 Å². The maximum Gasteiger partial charge on any atom is 0.283 e. The normalized spacial score (nSPS) is 11.1. The Labute approximate surface area is 196 Å². The van der Waals surface area contributed by atoms with Crippen LogP contribution in [0.15, 0.2) is 88.8 Å². The van der Waals surface area contributed by atoms with Gasteiger partial charge in [-0.3, -0.25) is 24.3 Å². The molecule has 0 aliphatic carbocycles. The molecule has 1 amide bonds.